The molecule has 0 unspecified atom stereocenters. The van der Waals surface area contributed by atoms with Crippen molar-refractivity contribution >= 4 is 34.6 Å². The molecule has 3 aromatic rings. The van der Waals surface area contributed by atoms with Gasteiger partial charge in [0.1, 0.15) is 12.4 Å². The lowest BCUT2D eigenvalue weighted by atomic mass is 10.2. The summed E-state index contributed by atoms with van der Waals surface area (Å²) < 4.78 is 5.69. The Morgan fingerprint density at radius 1 is 1.00 bits per heavy atom. The number of non-ortho nitro benzene ring substituents is 1. The molecule has 0 aromatic heterocycles. The van der Waals surface area contributed by atoms with Crippen LogP contribution in [0.15, 0.2) is 78.9 Å². The van der Waals surface area contributed by atoms with E-state index in [1.807, 2.05) is 30.3 Å². The van der Waals surface area contributed by atoms with Gasteiger partial charge in [0.2, 0.25) is 0 Å². The van der Waals surface area contributed by atoms with Gasteiger partial charge in [-0.1, -0.05) is 36.4 Å². The van der Waals surface area contributed by atoms with Crippen molar-refractivity contribution < 1.29 is 14.5 Å². The molecule has 2 N–H and O–H groups in total. The Morgan fingerprint density at radius 2 is 1.72 bits per heavy atom. The van der Waals surface area contributed by atoms with Crippen LogP contribution < -0.4 is 15.4 Å². The van der Waals surface area contributed by atoms with Crippen molar-refractivity contribution in [1.29, 1.82) is 0 Å². The Morgan fingerprint density at radius 3 is 2.41 bits per heavy atom. The zero-order valence-electron chi connectivity index (χ0n) is 15.2. The molecule has 0 aliphatic rings. The van der Waals surface area contributed by atoms with Crippen LogP contribution in [0.1, 0.15) is 15.9 Å². The SMILES string of the molecule is O=C(NC(=S)Nc1cccc([N+](=O)[O-])c1)c1ccc(OCc2ccccc2)cc1. The molecule has 8 heteroatoms. The first-order chi connectivity index (χ1) is 14.0. The van der Waals surface area contributed by atoms with Crippen molar-refractivity contribution in [1.82, 2.24) is 5.32 Å². The van der Waals surface area contributed by atoms with Crippen molar-refractivity contribution in [2.24, 2.45) is 0 Å². The predicted octanol–water partition coefficient (Wildman–Crippen LogP) is 4.30. The zero-order valence-corrected chi connectivity index (χ0v) is 16.0. The monoisotopic (exact) mass is 407 g/mol. The molecular formula is C21H17N3O4S. The Balaban J connectivity index is 1.54. The number of hydrogen-bond acceptors (Lipinski definition) is 5. The van der Waals surface area contributed by atoms with Crippen LogP contribution in [0.2, 0.25) is 0 Å². The Hall–Kier alpha value is -3.78. The van der Waals surface area contributed by atoms with Gasteiger partial charge < -0.3 is 10.1 Å². The number of rotatable bonds is 6. The molecule has 0 radical (unpaired) electrons. The molecule has 0 heterocycles. The quantitative estimate of drug-likeness (QED) is 0.359. The Kier molecular flexibility index (Phi) is 6.49. The van der Waals surface area contributed by atoms with E-state index in [2.05, 4.69) is 10.6 Å². The molecule has 0 aliphatic heterocycles. The van der Waals surface area contributed by atoms with Gasteiger partial charge in [-0.15, -0.1) is 0 Å². The number of nitro benzene ring substituents is 1. The van der Waals surface area contributed by atoms with E-state index in [9.17, 15) is 14.9 Å². The first-order valence-corrected chi connectivity index (χ1v) is 9.06. The largest absolute Gasteiger partial charge is 0.489 e. The first-order valence-electron chi connectivity index (χ1n) is 8.65. The molecule has 1 amide bonds. The second-order valence-electron chi connectivity index (χ2n) is 6.01. The number of carbonyl (C=O) groups is 1. The highest BCUT2D eigenvalue weighted by Gasteiger charge is 2.10. The van der Waals surface area contributed by atoms with Crippen LogP contribution in [-0.4, -0.2) is 15.9 Å². The maximum absolute atomic E-state index is 12.3. The van der Waals surface area contributed by atoms with Crippen LogP contribution in [0, 0.1) is 10.1 Å². The van der Waals surface area contributed by atoms with E-state index in [4.69, 9.17) is 17.0 Å². The van der Waals surface area contributed by atoms with Gasteiger partial charge in [0.15, 0.2) is 5.11 Å². The molecule has 3 aromatic carbocycles. The maximum atomic E-state index is 12.3. The Bertz CT molecular complexity index is 1020. The Labute approximate surface area is 172 Å². The lowest BCUT2D eigenvalue weighted by Gasteiger charge is -2.10. The molecular weight excluding hydrogens is 390 g/mol. The summed E-state index contributed by atoms with van der Waals surface area (Å²) in [6.07, 6.45) is 0. The van der Waals surface area contributed by atoms with Crippen LogP contribution in [0.25, 0.3) is 0 Å². The molecule has 0 bridgehead atoms. The van der Waals surface area contributed by atoms with Crippen LogP contribution in [0.3, 0.4) is 0 Å². The fourth-order valence-corrected chi connectivity index (χ4v) is 2.69. The van der Waals surface area contributed by atoms with Crippen LogP contribution in [-0.2, 0) is 6.61 Å². The van der Waals surface area contributed by atoms with Crippen molar-refractivity contribution in [3.8, 4) is 5.75 Å². The average molecular weight is 407 g/mol. The van der Waals surface area contributed by atoms with Crippen LogP contribution in [0.4, 0.5) is 11.4 Å². The molecule has 29 heavy (non-hydrogen) atoms. The lowest BCUT2D eigenvalue weighted by molar-refractivity contribution is -0.384. The van der Waals surface area contributed by atoms with Gasteiger partial charge >= 0.3 is 0 Å². The van der Waals surface area contributed by atoms with E-state index >= 15 is 0 Å². The molecule has 0 saturated carbocycles. The number of amides is 1. The summed E-state index contributed by atoms with van der Waals surface area (Å²) in [4.78, 5) is 22.6. The van der Waals surface area contributed by atoms with Crippen molar-refractivity contribution in [3.63, 3.8) is 0 Å². The molecule has 0 atom stereocenters. The molecule has 146 valence electrons. The summed E-state index contributed by atoms with van der Waals surface area (Å²) in [6, 6.07) is 22.3. The van der Waals surface area contributed by atoms with Gasteiger partial charge in [-0.3, -0.25) is 20.2 Å². The molecule has 0 saturated heterocycles. The van der Waals surface area contributed by atoms with Gasteiger partial charge in [-0.25, -0.2) is 0 Å². The number of nitrogens with zero attached hydrogens (tertiary/aromatic N) is 1. The standard InChI is InChI=1S/C21H17N3O4S/c25-20(23-21(29)22-17-7-4-8-18(13-17)24(26)27)16-9-11-19(12-10-16)28-14-15-5-2-1-3-6-15/h1-13H,14H2,(H2,22,23,25,29). The fraction of sp³-hybridized carbons (Fsp3) is 0.0476. The molecule has 7 nitrogen and oxygen atoms in total. The first kappa shape index (κ1) is 20.0. The molecule has 0 aliphatic carbocycles. The van der Waals surface area contributed by atoms with E-state index in [1.54, 1.807) is 30.3 Å². The normalized spacial score (nSPS) is 10.1. The van der Waals surface area contributed by atoms with Gasteiger partial charge in [-0.05, 0) is 48.1 Å². The minimum Gasteiger partial charge on any atom is -0.489 e. The number of nitro groups is 1. The average Bonchev–Trinajstić information content (AvgIpc) is 2.73. The van der Waals surface area contributed by atoms with Crippen molar-refractivity contribution in [2.75, 3.05) is 5.32 Å². The highest BCUT2D eigenvalue weighted by Crippen LogP contribution is 2.17. The summed E-state index contributed by atoms with van der Waals surface area (Å²) in [6.45, 7) is 0.434. The summed E-state index contributed by atoms with van der Waals surface area (Å²) in [5.41, 5.74) is 1.79. The van der Waals surface area contributed by atoms with Crippen LogP contribution >= 0.6 is 12.2 Å². The third-order valence-corrected chi connectivity index (χ3v) is 4.11. The number of benzene rings is 3. The summed E-state index contributed by atoms with van der Waals surface area (Å²) in [5.74, 6) is 0.241. The van der Waals surface area contributed by atoms with E-state index < -0.39 is 10.8 Å². The number of hydrogen-bond donors (Lipinski definition) is 2. The topological polar surface area (TPSA) is 93.5 Å². The molecule has 3 rings (SSSR count). The molecule has 0 fully saturated rings. The number of anilines is 1. The van der Waals surface area contributed by atoms with Crippen LogP contribution in [0.5, 0.6) is 5.75 Å². The second-order valence-corrected chi connectivity index (χ2v) is 6.42. The smallest absolute Gasteiger partial charge is 0.271 e. The summed E-state index contributed by atoms with van der Waals surface area (Å²) in [7, 11) is 0. The fourth-order valence-electron chi connectivity index (χ4n) is 2.48. The van der Waals surface area contributed by atoms with E-state index in [0.29, 0.717) is 23.6 Å². The highest BCUT2D eigenvalue weighted by atomic mass is 32.1. The number of carbonyl (C=O) groups excluding carboxylic acids is 1. The third-order valence-electron chi connectivity index (χ3n) is 3.91. The third kappa shape index (κ3) is 5.85. The maximum Gasteiger partial charge on any atom is 0.271 e. The van der Waals surface area contributed by atoms with Gasteiger partial charge in [0, 0.05) is 23.4 Å². The minimum atomic E-state index is -0.506. The predicted molar refractivity (Wildman–Crippen MR) is 114 cm³/mol. The van der Waals surface area contributed by atoms with Gasteiger partial charge in [-0.2, -0.15) is 0 Å². The zero-order chi connectivity index (χ0) is 20.6. The van der Waals surface area contributed by atoms with E-state index in [0.717, 1.165) is 5.56 Å². The highest BCUT2D eigenvalue weighted by molar-refractivity contribution is 7.80. The van der Waals surface area contributed by atoms with E-state index in [-0.39, 0.29) is 10.8 Å². The number of thiocarbonyl (C=S) groups is 1. The molecule has 0 spiro atoms. The lowest BCUT2D eigenvalue weighted by Crippen LogP contribution is -2.34. The minimum absolute atomic E-state index is 0.0416. The van der Waals surface area contributed by atoms with Crippen molar-refractivity contribution in [3.05, 3.63) is 100 Å². The number of ether oxygens (including phenoxy) is 1. The van der Waals surface area contributed by atoms with Gasteiger partial charge in [0.25, 0.3) is 11.6 Å². The van der Waals surface area contributed by atoms with Crippen molar-refractivity contribution in [2.45, 2.75) is 6.61 Å². The summed E-state index contributed by atoms with van der Waals surface area (Å²) >= 11 is 5.11. The second kappa shape index (κ2) is 9.43. The van der Waals surface area contributed by atoms with Gasteiger partial charge in [0.05, 0.1) is 4.92 Å². The van der Waals surface area contributed by atoms with E-state index in [1.165, 1.54) is 18.2 Å². The summed E-state index contributed by atoms with van der Waals surface area (Å²) in [5, 5.41) is 16.2. The number of nitrogens with one attached hydrogen (secondary N) is 2.